The van der Waals surface area contributed by atoms with Crippen LogP contribution in [-0.4, -0.2) is 96.0 Å². The summed E-state index contributed by atoms with van der Waals surface area (Å²) in [5, 5.41) is 12.8. The van der Waals surface area contributed by atoms with E-state index in [1.807, 2.05) is 0 Å². The maximum Gasteiger partial charge on any atom is 0.404 e. The Kier molecular flexibility index (Phi) is 6.96. The van der Waals surface area contributed by atoms with Crippen LogP contribution in [0.4, 0.5) is 4.79 Å². The van der Waals surface area contributed by atoms with E-state index in [1.54, 1.807) is 11.0 Å². The molecule has 0 radical (unpaired) electrons. The van der Waals surface area contributed by atoms with Gasteiger partial charge in [0.05, 0.1) is 24.3 Å². The second-order valence-corrected chi connectivity index (χ2v) is 8.41. The quantitative estimate of drug-likeness (QED) is 0.297. The van der Waals surface area contributed by atoms with Crippen LogP contribution in [0.5, 0.6) is 5.75 Å². The lowest BCUT2D eigenvalue weighted by molar-refractivity contribution is -0.143. The maximum absolute atomic E-state index is 12.9. The van der Waals surface area contributed by atoms with Crippen molar-refractivity contribution in [2.75, 3.05) is 39.5 Å². The van der Waals surface area contributed by atoms with E-state index in [0.29, 0.717) is 25.4 Å². The number of carbonyl (C=O) groups is 6. The minimum atomic E-state index is -1.16. The SMILES string of the molecule is O=C(O)NCCOCC(=O)N1CC(COc2ccc3c(c2)C(=O)N(C2CCC(=O)NC2=O)C3=O)C1. The molecule has 1 atom stereocenters. The highest BCUT2D eigenvalue weighted by Crippen LogP contribution is 2.30. The van der Waals surface area contributed by atoms with Crippen molar-refractivity contribution in [3.05, 3.63) is 29.3 Å². The summed E-state index contributed by atoms with van der Waals surface area (Å²) < 4.78 is 10.9. The second-order valence-electron chi connectivity index (χ2n) is 8.41. The van der Waals surface area contributed by atoms with Gasteiger partial charge in [-0.3, -0.25) is 34.2 Å². The van der Waals surface area contributed by atoms with E-state index in [9.17, 15) is 28.8 Å². The van der Waals surface area contributed by atoms with E-state index in [-0.39, 0.29) is 55.6 Å². The number of amides is 6. The summed E-state index contributed by atoms with van der Waals surface area (Å²) in [6.07, 6.45) is -1.02. The number of hydrogen-bond donors (Lipinski definition) is 3. The molecule has 2 saturated heterocycles. The number of nitrogens with one attached hydrogen (secondary N) is 2. The molecule has 1 unspecified atom stereocenters. The Morgan fingerprint density at radius 1 is 1.11 bits per heavy atom. The van der Waals surface area contributed by atoms with Crippen molar-refractivity contribution < 1.29 is 43.3 Å². The number of nitrogens with zero attached hydrogens (tertiary/aromatic N) is 2. The van der Waals surface area contributed by atoms with Gasteiger partial charge in [0.2, 0.25) is 17.7 Å². The van der Waals surface area contributed by atoms with Gasteiger partial charge in [-0.15, -0.1) is 0 Å². The Labute approximate surface area is 199 Å². The summed E-state index contributed by atoms with van der Waals surface area (Å²) in [6.45, 7) is 1.30. The highest BCUT2D eigenvalue weighted by atomic mass is 16.5. The van der Waals surface area contributed by atoms with Crippen LogP contribution >= 0.6 is 0 Å². The predicted octanol–water partition coefficient (Wildman–Crippen LogP) is -0.791. The number of carbonyl (C=O) groups excluding carboxylic acids is 5. The topological polar surface area (TPSA) is 172 Å². The van der Waals surface area contributed by atoms with Crippen molar-refractivity contribution in [3.8, 4) is 5.75 Å². The first kappa shape index (κ1) is 24.1. The zero-order chi connectivity index (χ0) is 25.1. The van der Waals surface area contributed by atoms with Crippen molar-refractivity contribution in [1.82, 2.24) is 20.4 Å². The molecule has 0 aromatic heterocycles. The van der Waals surface area contributed by atoms with Gasteiger partial charge in [0.15, 0.2) is 0 Å². The van der Waals surface area contributed by atoms with E-state index >= 15 is 0 Å². The molecular weight excluding hydrogens is 464 g/mol. The molecule has 0 saturated carbocycles. The smallest absolute Gasteiger partial charge is 0.404 e. The van der Waals surface area contributed by atoms with Crippen molar-refractivity contribution in [2.45, 2.75) is 18.9 Å². The molecule has 2 fully saturated rings. The normalized spacial score (nSPS) is 19.8. The van der Waals surface area contributed by atoms with Gasteiger partial charge in [0, 0.05) is 32.0 Å². The minimum absolute atomic E-state index is 0.0487. The molecule has 3 N–H and O–H groups in total. The van der Waals surface area contributed by atoms with Crippen molar-refractivity contribution in [3.63, 3.8) is 0 Å². The fourth-order valence-electron chi connectivity index (χ4n) is 4.11. The van der Waals surface area contributed by atoms with Crippen LogP contribution in [0.1, 0.15) is 33.6 Å². The number of benzene rings is 1. The number of carboxylic acid groups (broad SMARTS) is 1. The lowest BCUT2D eigenvalue weighted by Gasteiger charge is -2.38. The molecule has 35 heavy (non-hydrogen) atoms. The van der Waals surface area contributed by atoms with E-state index in [0.717, 1.165) is 4.90 Å². The number of piperidine rings is 1. The summed E-state index contributed by atoms with van der Waals surface area (Å²) in [5.74, 6) is -2.03. The number of imide groups is 2. The van der Waals surface area contributed by atoms with Gasteiger partial charge in [-0.1, -0.05) is 0 Å². The van der Waals surface area contributed by atoms with E-state index in [2.05, 4.69) is 10.6 Å². The Hall–Kier alpha value is -4.00. The predicted molar refractivity (Wildman–Crippen MR) is 116 cm³/mol. The first-order valence-corrected chi connectivity index (χ1v) is 11.1. The number of likely N-dealkylation sites (tertiary alicyclic amines) is 1. The standard InChI is InChI=1S/C22H24N4O9/c27-17-4-3-16(19(29)24-17)26-20(30)14-2-1-13(7-15(14)21(26)31)35-10-12-8-25(9-12)18(28)11-34-6-5-23-22(32)33/h1-2,7,12,16,23H,3-6,8-11H2,(H,32,33)(H,24,27,29). The van der Waals surface area contributed by atoms with Crippen LogP contribution in [0.25, 0.3) is 0 Å². The summed E-state index contributed by atoms with van der Waals surface area (Å²) >= 11 is 0. The summed E-state index contributed by atoms with van der Waals surface area (Å²) in [6, 6.07) is 3.48. The summed E-state index contributed by atoms with van der Waals surface area (Å²) in [4.78, 5) is 74.0. The lowest BCUT2D eigenvalue weighted by atomic mass is 10.0. The summed E-state index contributed by atoms with van der Waals surface area (Å²) in [5.41, 5.74) is 0.308. The molecule has 13 heteroatoms. The Morgan fingerprint density at radius 2 is 1.86 bits per heavy atom. The molecular formula is C22H24N4O9. The molecule has 13 nitrogen and oxygen atoms in total. The fraction of sp³-hybridized carbons (Fsp3) is 0.455. The highest BCUT2D eigenvalue weighted by Gasteiger charge is 2.44. The number of hydrogen-bond acceptors (Lipinski definition) is 8. The zero-order valence-electron chi connectivity index (χ0n) is 18.7. The average molecular weight is 488 g/mol. The van der Waals surface area contributed by atoms with Crippen LogP contribution < -0.4 is 15.4 Å². The van der Waals surface area contributed by atoms with Gasteiger partial charge in [-0.25, -0.2) is 4.79 Å². The van der Waals surface area contributed by atoms with Gasteiger partial charge < -0.3 is 24.8 Å². The van der Waals surface area contributed by atoms with Gasteiger partial charge in [-0.2, -0.15) is 0 Å². The van der Waals surface area contributed by atoms with E-state index < -0.39 is 35.8 Å². The maximum atomic E-state index is 12.9. The number of fused-ring (bicyclic) bond motifs is 1. The Balaban J connectivity index is 1.24. The number of ether oxygens (including phenoxy) is 2. The third-order valence-corrected chi connectivity index (χ3v) is 5.95. The van der Waals surface area contributed by atoms with Crippen molar-refractivity contribution in [1.29, 1.82) is 0 Å². The number of rotatable bonds is 9. The molecule has 1 aromatic rings. The zero-order valence-corrected chi connectivity index (χ0v) is 18.7. The van der Waals surface area contributed by atoms with Crippen LogP contribution in [0, 0.1) is 5.92 Å². The van der Waals surface area contributed by atoms with E-state index in [1.165, 1.54) is 12.1 Å². The van der Waals surface area contributed by atoms with Crippen LogP contribution in [-0.2, 0) is 19.1 Å². The molecule has 3 aliphatic heterocycles. The van der Waals surface area contributed by atoms with Crippen LogP contribution in [0.2, 0.25) is 0 Å². The lowest BCUT2D eigenvalue weighted by Crippen LogP contribution is -2.54. The third-order valence-electron chi connectivity index (χ3n) is 5.95. The van der Waals surface area contributed by atoms with Gasteiger partial charge >= 0.3 is 6.09 Å². The van der Waals surface area contributed by atoms with Gasteiger partial charge in [0.1, 0.15) is 18.4 Å². The third kappa shape index (κ3) is 5.24. The van der Waals surface area contributed by atoms with Crippen molar-refractivity contribution in [2.24, 2.45) is 5.92 Å². The van der Waals surface area contributed by atoms with Crippen LogP contribution in [0.3, 0.4) is 0 Å². The first-order valence-electron chi connectivity index (χ1n) is 11.1. The molecule has 3 aliphatic rings. The molecule has 1 aromatic carbocycles. The molecule has 4 rings (SSSR count). The Bertz CT molecular complexity index is 1080. The van der Waals surface area contributed by atoms with Gasteiger partial charge in [-0.05, 0) is 24.6 Å². The minimum Gasteiger partial charge on any atom is -0.493 e. The molecule has 3 heterocycles. The average Bonchev–Trinajstić information content (AvgIpc) is 3.02. The monoisotopic (exact) mass is 488 g/mol. The molecule has 186 valence electrons. The van der Waals surface area contributed by atoms with Crippen LogP contribution in [0.15, 0.2) is 18.2 Å². The highest BCUT2D eigenvalue weighted by molar-refractivity contribution is 6.23. The van der Waals surface area contributed by atoms with E-state index in [4.69, 9.17) is 14.6 Å². The van der Waals surface area contributed by atoms with Crippen molar-refractivity contribution >= 4 is 35.6 Å². The molecule has 0 spiro atoms. The van der Waals surface area contributed by atoms with Gasteiger partial charge in [0.25, 0.3) is 11.8 Å². The second kappa shape index (κ2) is 10.1. The fourth-order valence-corrected chi connectivity index (χ4v) is 4.11. The Morgan fingerprint density at radius 3 is 2.57 bits per heavy atom. The molecule has 6 amide bonds. The molecule has 0 aliphatic carbocycles. The first-order chi connectivity index (χ1) is 16.7. The summed E-state index contributed by atoms with van der Waals surface area (Å²) in [7, 11) is 0. The molecule has 0 bridgehead atoms. The largest absolute Gasteiger partial charge is 0.493 e.